The lowest BCUT2D eigenvalue weighted by atomic mass is 10.2. The smallest absolute Gasteiger partial charge is 0.138 e. The van der Waals surface area contributed by atoms with E-state index in [1.165, 1.54) is 11.5 Å². The molecule has 0 aliphatic rings. The van der Waals surface area contributed by atoms with Crippen LogP contribution in [0.1, 0.15) is 23.7 Å². The summed E-state index contributed by atoms with van der Waals surface area (Å²) in [6.45, 7) is 2.90. The van der Waals surface area contributed by atoms with Crippen LogP contribution >= 0.6 is 11.5 Å². The van der Waals surface area contributed by atoms with Crippen molar-refractivity contribution in [2.75, 3.05) is 7.05 Å². The molecule has 2 aromatic heterocycles. The first-order valence-electron chi connectivity index (χ1n) is 5.16. The molecule has 0 amide bonds. The molecule has 86 valence electrons. The number of hydrogen-bond acceptors (Lipinski definition) is 6. The Labute approximate surface area is 97.9 Å². The Morgan fingerprint density at radius 3 is 3.06 bits per heavy atom. The molecule has 16 heavy (non-hydrogen) atoms. The van der Waals surface area contributed by atoms with Gasteiger partial charge in [-0.25, -0.2) is 4.98 Å². The second-order valence-electron chi connectivity index (χ2n) is 3.36. The highest BCUT2D eigenvalue weighted by Crippen LogP contribution is 2.18. The van der Waals surface area contributed by atoms with Gasteiger partial charge in [-0.2, -0.15) is 5.10 Å². The van der Waals surface area contributed by atoms with E-state index in [0.29, 0.717) is 0 Å². The molecule has 0 aromatic carbocycles. The third-order valence-electron chi connectivity index (χ3n) is 2.45. The molecule has 1 atom stereocenters. The number of nitrogens with one attached hydrogen (secondary N) is 1. The van der Waals surface area contributed by atoms with Crippen LogP contribution in [-0.2, 0) is 13.0 Å². The van der Waals surface area contributed by atoms with E-state index < -0.39 is 0 Å². The van der Waals surface area contributed by atoms with Crippen molar-refractivity contribution in [2.24, 2.45) is 0 Å². The Hall–Kier alpha value is -1.34. The minimum Gasteiger partial charge on any atom is -0.312 e. The molecular weight excluding hydrogens is 224 g/mol. The van der Waals surface area contributed by atoms with Gasteiger partial charge < -0.3 is 5.32 Å². The van der Waals surface area contributed by atoms with E-state index in [-0.39, 0.29) is 6.04 Å². The van der Waals surface area contributed by atoms with Crippen LogP contribution in [-0.4, -0.2) is 31.4 Å². The summed E-state index contributed by atoms with van der Waals surface area (Å²) in [6, 6.07) is 0.203. The van der Waals surface area contributed by atoms with E-state index in [4.69, 9.17) is 0 Å². The zero-order chi connectivity index (χ0) is 11.4. The predicted molar refractivity (Wildman–Crippen MR) is 61.1 cm³/mol. The summed E-state index contributed by atoms with van der Waals surface area (Å²) < 4.78 is 5.77. The summed E-state index contributed by atoms with van der Waals surface area (Å²) >= 11 is 1.41. The molecule has 0 bridgehead atoms. The minimum atomic E-state index is 0.203. The summed E-state index contributed by atoms with van der Waals surface area (Å²) in [5.74, 6) is 0.982. The van der Waals surface area contributed by atoms with Crippen molar-refractivity contribution in [3.63, 3.8) is 0 Å². The van der Waals surface area contributed by atoms with E-state index in [1.807, 2.05) is 11.7 Å². The molecule has 1 unspecified atom stereocenters. The van der Waals surface area contributed by atoms with Crippen LogP contribution in [0.2, 0.25) is 0 Å². The lowest BCUT2D eigenvalue weighted by Gasteiger charge is -2.12. The zero-order valence-electron chi connectivity index (χ0n) is 9.29. The van der Waals surface area contributed by atoms with Gasteiger partial charge in [0, 0.05) is 13.0 Å². The Bertz CT molecular complexity index is 423. The monoisotopic (exact) mass is 238 g/mol. The van der Waals surface area contributed by atoms with E-state index in [1.54, 1.807) is 12.5 Å². The molecular formula is C9H14N6S. The number of likely N-dealkylation sites (N-methyl/N-ethyl adjacent to an activating group) is 1. The van der Waals surface area contributed by atoms with Gasteiger partial charge in [-0.3, -0.25) is 4.68 Å². The van der Waals surface area contributed by atoms with Crippen LogP contribution in [0.5, 0.6) is 0 Å². The summed E-state index contributed by atoms with van der Waals surface area (Å²) in [6.07, 6.45) is 4.18. The molecule has 0 aliphatic heterocycles. The maximum atomic E-state index is 4.26. The SMILES string of the molecule is CCn1ncnc1CC(NC)c1cnns1. The van der Waals surface area contributed by atoms with Gasteiger partial charge in [-0.15, -0.1) is 5.10 Å². The van der Waals surface area contributed by atoms with E-state index in [0.717, 1.165) is 23.7 Å². The minimum absolute atomic E-state index is 0.203. The fourth-order valence-electron chi connectivity index (χ4n) is 1.57. The Morgan fingerprint density at radius 2 is 2.44 bits per heavy atom. The first kappa shape index (κ1) is 11.2. The van der Waals surface area contributed by atoms with Crippen molar-refractivity contribution >= 4 is 11.5 Å². The molecule has 2 aromatic rings. The average Bonchev–Trinajstić information content (AvgIpc) is 2.96. The topological polar surface area (TPSA) is 68.5 Å². The number of aromatic nitrogens is 5. The zero-order valence-corrected chi connectivity index (χ0v) is 10.1. The highest BCUT2D eigenvalue weighted by molar-refractivity contribution is 7.05. The Morgan fingerprint density at radius 1 is 1.56 bits per heavy atom. The molecule has 2 heterocycles. The average molecular weight is 238 g/mol. The van der Waals surface area contributed by atoms with E-state index >= 15 is 0 Å². The van der Waals surface area contributed by atoms with Crippen molar-refractivity contribution in [1.82, 2.24) is 29.7 Å². The van der Waals surface area contributed by atoms with Gasteiger partial charge in [-0.1, -0.05) is 4.49 Å². The first-order valence-corrected chi connectivity index (χ1v) is 5.93. The fourth-order valence-corrected chi connectivity index (χ4v) is 2.18. The van der Waals surface area contributed by atoms with Crippen molar-refractivity contribution in [2.45, 2.75) is 25.9 Å². The van der Waals surface area contributed by atoms with Gasteiger partial charge in [0.05, 0.1) is 17.1 Å². The van der Waals surface area contributed by atoms with Gasteiger partial charge in [0.2, 0.25) is 0 Å². The molecule has 0 spiro atoms. The number of hydrogen-bond donors (Lipinski definition) is 1. The Kier molecular flexibility index (Phi) is 3.58. The van der Waals surface area contributed by atoms with Crippen LogP contribution in [0.25, 0.3) is 0 Å². The number of nitrogens with zero attached hydrogens (tertiary/aromatic N) is 5. The van der Waals surface area contributed by atoms with Crippen molar-refractivity contribution in [3.05, 3.63) is 23.2 Å². The van der Waals surface area contributed by atoms with Gasteiger partial charge in [0.15, 0.2) is 0 Å². The van der Waals surface area contributed by atoms with E-state index in [2.05, 4.69) is 31.9 Å². The standard InChI is InChI=1S/C9H14N6S/c1-3-15-9(11-6-13-15)4-7(10-2)8-5-12-14-16-8/h5-7,10H,3-4H2,1-2H3. The largest absolute Gasteiger partial charge is 0.312 e. The maximum Gasteiger partial charge on any atom is 0.138 e. The predicted octanol–water partition coefficient (Wildman–Crippen LogP) is 0.653. The summed E-state index contributed by atoms with van der Waals surface area (Å²) in [5.41, 5.74) is 0. The van der Waals surface area contributed by atoms with Crippen LogP contribution in [0.4, 0.5) is 0 Å². The van der Waals surface area contributed by atoms with Crippen LogP contribution in [0, 0.1) is 0 Å². The molecule has 6 nitrogen and oxygen atoms in total. The molecule has 0 radical (unpaired) electrons. The summed E-state index contributed by atoms with van der Waals surface area (Å²) in [7, 11) is 1.93. The van der Waals surface area contributed by atoms with Crippen LogP contribution in [0.3, 0.4) is 0 Å². The van der Waals surface area contributed by atoms with Gasteiger partial charge in [0.25, 0.3) is 0 Å². The summed E-state index contributed by atoms with van der Waals surface area (Å²) in [4.78, 5) is 5.38. The molecule has 2 rings (SSSR count). The quantitative estimate of drug-likeness (QED) is 0.828. The molecule has 0 saturated heterocycles. The summed E-state index contributed by atoms with van der Waals surface area (Å²) in [5, 5.41) is 11.2. The maximum absolute atomic E-state index is 4.26. The molecule has 0 fully saturated rings. The van der Waals surface area contributed by atoms with Gasteiger partial charge >= 0.3 is 0 Å². The highest BCUT2D eigenvalue weighted by atomic mass is 32.1. The Balaban J connectivity index is 2.13. The second kappa shape index (κ2) is 5.13. The number of rotatable bonds is 5. The lowest BCUT2D eigenvalue weighted by Crippen LogP contribution is -2.20. The first-order chi connectivity index (χ1) is 7.85. The van der Waals surface area contributed by atoms with Crippen LogP contribution in [0.15, 0.2) is 12.5 Å². The van der Waals surface area contributed by atoms with Crippen molar-refractivity contribution in [1.29, 1.82) is 0 Å². The second-order valence-corrected chi connectivity index (χ2v) is 4.17. The van der Waals surface area contributed by atoms with Crippen molar-refractivity contribution < 1.29 is 0 Å². The lowest BCUT2D eigenvalue weighted by molar-refractivity contribution is 0.538. The number of aryl methyl sites for hydroxylation is 1. The van der Waals surface area contributed by atoms with Crippen molar-refractivity contribution in [3.8, 4) is 0 Å². The van der Waals surface area contributed by atoms with E-state index in [9.17, 15) is 0 Å². The van der Waals surface area contributed by atoms with Gasteiger partial charge in [-0.05, 0) is 25.5 Å². The molecule has 0 saturated carbocycles. The molecule has 1 N–H and O–H groups in total. The third kappa shape index (κ3) is 2.25. The molecule has 0 aliphatic carbocycles. The highest BCUT2D eigenvalue weighted by Gasteiger charge is 2.15. The normalized spacial score (nSPS) is 12.9. The molecule has 7 heteroatoms. The third-order valence-corrected chi connectivity index (χ3v) is 3.23. The fraction of sp³-hybridized carbons (Fsp3) is 0.556. The van der Waals surface area contributed by atoms with Gasteiger partial charge in [0.1, 0.15) is 12.2 Å². The van der Waals surface area contributed by atoms with Crippen LogP contribution < -0.4 is 5.32 Å².